The smallest absolute Gasteiger partial charge is 0.138 e. The summed E-state index contributed by atoms with van der Waals surface area (Å²) < 4.78 is 0. The fourth-order valence-corrected chi connectivity index (χ4v) is 3.02. The van der Waals surface area contributed by atoms with E-state index >= 15 is 0 Å². The molecular weight excluding hydrogens is 270 g/mol. The van der Waals surface area contributed by atoms with E-state index in [-0.39, 0.29) is 0 Å². The zero-order chi connectivity index (χ0) is 14.1. The third-order valence-corrected chi connectivity index (χ3v) is 3.85. The summed E-state index contributed by atoms with van der Waals surface area (Å²) >= 11 is 6.16. The van der Waals surface area contributed by atoms with Crippen LogP contribution in [0.15, 0.2) is 30.3 Å². The van der Waals surface area contributed by atoms with Crippen molar-refractivity contribution in [1.29, 1.82) is 0 Å². The maximum Gasteiger partial charge on any atom is 0.138 e. The van der Waals surface area contributed by atoms with Crippen LogP contribution in [-0.4, -0.2) is 16.0 Å². The van der Waals surface area contributed by atoms with Crippen molar-refractivity contribution in [3.63, 3.8) is 0 Å². The number of hydrogen-bond donors (Lipinski definition) is 0. The Hall–Kier alpha value is -1.61. The van der Waals surface area contributed by atoms with E-state index < -0.39 is 0 Å². The maximum atomic E-state index is 6.16. The summed E-state index contributed by atoms with van der Waals surface area (Å²) in [5, 5.41) is 0.523. The summed E-state index contributed by atoms with van der Waals surface area (Å²) in [5.74, 6) is 1.73. The molecule has 2 aromatic rings. The highest BCUT2D eigenvalue weighted by atomic mass is 35.5. The number of aromatic nitrogens is 2. The number of halogens is 1. The summed E-state index contributed by atoms with van der Waals surface area (Å²) in [6.07, 6.45) is 2.92. The quantitative estimate of drug-likeness (QED) is 0.794. The van der Waals surface area contributed by atoms with Crippen molar-refractivity contribution in [2.75, 3.05) is 4.90 Å². The summed E-state index contributed by atoms with van der Waals surface area (Å²) in [4.78, 5) is 11.3. The van der Waals surface area contributed by atoms with Crippen LogP contribution in [0.2, 0.25) is 5.15 Å². The van der Waals surface area contributed by atoms with Crippen molar-refractivity contribution in [2.24, 2.45) is 0 Å². The average molecular weight is 288 g/mol. The first-order chi connectivity index (χ1) is 9.69. The normalized spacial score (nSPS) is 17.4. The molecular formula is C16H18ClN3. The highest BCUT2D eigenvalue weighted by Gasteiger charge is 2.28. The molecule has 1 aromatic carbocycles. The van der Waals surface area contributed by atoms with Gasteiger partial charge >= 0.3 is 0 Å². The molecule has 20 heavy (non-hydrogen) atoms. The number of aryl methyl sites for hydroxylation is 1. The van der Waals surface area contributed by atoms with Crippen molar-refractivity contribution in [2.45, 2.75) is 39.2 Å². The largest absolute Gasteiger partial charge is 0.323 e. The summed E-state index contributed by atoms with van der Waals surface area (Å²) in [7, 11) is 0. The van der Waals surface area contributed by atoms with E-state index in [1.807, 2.05) is 6.07 Å². The van der Waals surface area contributed by atoms with E-state index in [2.05, 4.69) is 53.0 Å². The van der Waals surface area contributed by atoms with Gasteiger partial charge in [-0.05, 0) is 31.4 Å². The van der Waals surface area contributed by atoms with Gasteiger partial charge in [0.2, 0.25) is 0 Å². The van der Waals surface area contributed by atoms with E-state index in [0.29, 0.717) is 11.2 Å². The van der Waals surface area contributed by atoms with Crippen LogP contribution in [0.1, 0.15) is 31.7 Å². The molecule has 4 heteroatoms. The summed E-state index contributed by atoms with van der Waals surface area (Å²) in [6.45, 7) is 4.34. The first kappa shape index (κ1) is 13.4. The fraction of sp³-hybridized carbons (Fsp3) is 0.375. The summed E-state index contributed by atoms with van der Waals surface area (Å²) in [5.41, 5.74) is 2.60. The standard InChI is InChI=1S/C16H18ClN3/c1-3-6-15-18-14(17)10-16(19-15)20-11(2)9-12-7-4-5-8-13(12)20/h4-5,7-8,10-11H,3,6,9H2,1-2H3. The number of benzene rings is 1. The zero-order valence-electron chi connectivity index (χ0n) is 11.8. The Morgan fingerprint density at radius 3 is 2.90 bits per heavy atom. The number of anilines is 2. The van der Waals surface area contributed by atoms with Crippen LogP contribution < -0.4 is 4.90 Å². The van der Waals surface area contributed by atoms with Crippen LogP contribution in [0.25, 0.3) is 0 Å². The second-order valence-corrected chi connectivity index (χ2v) is 5.65. The molecule has 3 rings (SSSR count). The number of para-hydroxylation sites is 1. The molecule has 1 atom stereocenters. The Kier molecular flexibility index (Phi) is 3.62. The van der Waals surface area contributed by atoms with Crippen molar-refractivity contribution in [3.8, 4) is 0 Å². The molecule has 0 radical (unpaired) electrons. The lowest BCUT2D eigenvalue weighted by atomic mass is 10.1. The Labute approximate surface area is 124 Å². The average Bonchev–Trinajstić information content (AvgIpc) is 2.74. The van der Waals surface area contributed by atoms with Crippen LogP contribution >= 0.6 is 11.6 Å². The van der Waals surface area contributed by atoms with Gasteiger partial charge in [0.05, 0.1) is 0 Å². The topological polar surface area (TPSA) is 29.0 Å². The Bertz CT molecular complexity index is 627. The third-order valence-electron chi connectivity index (χ3n) is 3.66. The molecule has 1 unspecified atom stereocenters. The van der Waals surface area contributed by atoms with Crippen LogP contribution in [0, 0.1) is 0 Å². The van der Waals surface area contributed by atoms with Crippen LogP contribution in [0.4, 0.5) is 11.5 Å². The van der Waals surface area contributed by atoms with Crippen molar-refractivity contribution < 1.29 is 0 Å². The lowest BCUT2D eigenvalue weighted by molar-refractivity contribution is 0.740. The zero-order valence-corrected chi connectivity index (χ0v) is 12.6. The monoisotopic (exact) mass is 287 g/mol. The van der Waals surface area contributed by atoms with E-state index in [1.165, 1.54) is 11.3 Å². The second-order valence-electron chi connectivity index (χ2n) is 5.27. The van der Waals surface area contributed by atoms with Gasteiger partial charge in [0.25, 0.3) is 0 Å². The molecule has 1 aromatic heterocycles. The fourth-order valence-electron chi connectivity index (χ4n) is 2.83. The lowest BCUT2D eigenvalue weighted by Gasteiger charge is -2.24. The van der Waals surface area contributed by atoms with Gasteiger partial charge in [-0.1, -0.05) is 36.7 Å². The SMILES string of the molecule is CCCc1nc(Cl)cc(N2c3ccccc3CC2C)n1. The number of rotatable bonds is 3. The van der Waals surface area contributed by atoms with E-state index in [0.717, 1.165) is 30.9 Å². The van der Waals surface area contributed by atoms with E-state index in [9.17, 15) is 0 Å². The minimum Gasteiger partial charge on any atom is -0.323 e. The molecule has 1 aliphatic heterocycles. The van der Waals surface area contributed by atoms with Gasteiger partial charge in [0, 0.05) is 24.2 Å². The Morgan fingerprint density at radius 1 is 1.30 bits per heavy atom. The second kappa shape index (κ2) is 5.41. The molecule has 0 saturated heterocycles. The van der Waals surface area contributed by atoms with E-state index in [4.69, 9.17) is 11.6 Å². The number of nitrogens with zero attached hydrogens (tertiary/aromatic N) is 3. The highest BCUT2D eigenvalue weighted by molar-refractivity contribution is 6.29. The molecule has 0 aliphatic carbocycles. The Balaban J connectivity index is 2.04. The molecule has 0 N–H and O–H groups in total. The molecule has 0 saturated carbocycles. The predicted molar refractivity (Wildman–Crippen MR) is 82.8 cm³/mol. The van der Waals surface area contributed by atoms with Crippen LogP contribution in [-0.2, 0) is 12.8 Å². The van der Waals surface area contributed by atoms with Gasteiger partial charge in [0.1, 0.15) is 16.8 Å². The van der Waals surface area contributed by atoms with Gasteiger partial charge in [-0.15, -0.1) is 0 Å². The molecule has 0 bridgehead atoms. The number of fused-ring (bicyclic) bond motifs is 1. The predicted octanol–water partition coefficient (Wildman–Crippen LogP) is 4.17. The first-order valence-electron chi connectivity index (χ1n) is 7.09. The minimum atomic E-state index is 0.396. The van der Waals surface area contributed by atoms with Crippen molar-refractivity contribution in [1.82, 2.24) is 9.97 Å². The van der Waals surface area contributed by atoms with Crippen LogP contribution in [0.5, 0.6) is 0 Å². The molecule has 1 aliphatic rings. The molecule has 2 heterocycles. The highest BCUT2D eigenvalue weighted by Crippen LogP contribution is 2.37. The molecule has 3 nitrogen and oxygen atoms in total. The first-order valence-corrected chi connectivity index (χ1v) is 7.47. The molecule has 0 fully saturated rings. The summed E-state index contributed by atoms with van der Waals surface area (Å²) in [6, 6.07) is 10.7. The number of hydrogen-bond acceptors (Lipinski definition) is 3. The van der Waals surface area contributed by atoms with Gasteiger partial charge < -0.3 is 4.90 Å². The molecule has 0 spiro atoms. The van der Waals surface area contributed by atoms with Gasteiger partial charge in [-0.3, -0.25) is 0 Å². The van der Waals surface area contributed by atoms with Gasteiger partial charge in [-0.2, -0.15) is 0 Å². The lowest BCUT2D eigenvalue weighted by Crippen LogP contribution is -2.25. The van der Waals surface area contributed by atoms with Gasteiger partial charge in [0.15, 0.2) is 0 Å². The molecule has 0 amide bonds. The Morgan fingerprint density at radius 2 is 2.10 bits per heavy atom. The van der Waals surface area contributed by atoms with Crippen molar-refractivity contribution >= 4 is 23.1 Å². The molecule has 104 valence electrons. The van der Waals surface area contributed by atoms with Gasteiger partial charge in [-0.25, -0.2) is 9.97 Å². The maximum absolute atomic E-state index is 6.16. The minimum absolute atomic E-state index is 0.396. The third kappa shape index (κ3) is 2.38. The van der Waals surface area contributed by atoms with Crippen molar-refractivity contribution in [3.05, 3.63) is 46.9 Å². The van der Waals surface area contributed by atoms with Crippen LogP contribution in [0.3, 0.4) is 0 Å². The van der Waals surface area contributed by atoms with E-state index in [1.54, 1.807) is 0 Å².